The van der Waals surface area contributed by atoms with Gasteiger partial charge in [-0.3, -0.25) is 4.79 Å². The van der Waals surface area contributed by atoms with Crippen LogP contribution in [-0.4, -0.2) is 11.1 Å². The number of hydrogen-bond donors (Lipinski definition) is 2. The van der Waals surface area contributed by atoms with Gasteiger partial charge in [-0.05, 0) is 72.9 Å². The summed E-state index contributed by atoms with van der Waals surface area (Å²) in [4.78, 5) is 12.2. The predicted molar refractivity (Wildman–Crippen MR) is 112 cm³/mol. The smallest absolute Gasteiger partial charge is 0.266 e. The summed E-state index contributed by atoms with van der Waals surface area (Å²) in [6, 6.07) is 19.9. The molecule has 0 aliphatic rings. The van der Waals surface area contributed by atoms with Crippen LogP contribution in [0.25, 0.3) is 0 Å². The molecule has 0 radical (unpaired) electrons. The SMILES string of the molecule is O=C(Nc1ccccc1F)c1ccc(OC(=S)Nc2ccc(Br)cc2)cc1. The molecule has 3 rings (SSSR count). The van der Waals surface area contributed by atoms with Gasteiger partial charge >= 0.3 is 0 Å². The van der Waals surface area contributed by atoms with Crippen molar-refractivity contribution in [1.29, 1.82) is 0 Å². The van der Waals surface area contributed by atoms with Crippen molar-refractivity contribution in [2.45, 2.75) is 0 Å². The van der Waals surface area contributed by atoms with Crippen molar-refractivity contribution < 1.29 is 13.9 Å². The van der Waals surface area contributed by atoms with E-state index < -0.39 is 11.7 Å². The van der Waals surface area contributed by atoms with Gasteiger partial charge in [0.25, 0.3) is 11.1 Å². The topological polar surface area (TPSA) is 50.4 Å². The highest BCUT2D eigenvalue weighted by molar-refractivity contribution is 9.10. The zero-order valence-electron chi connectivity index (χ0n) is 13.9. The molecule has 0 spiro atoms. The fraction of sp³-hybridized carbons (Fsp3) is 0. The number of amides is 1. The van der Waals surface area contributed by atoms with Crippen molar-refractivity contribution in [2.75, 3.05) is 10.6 Å². The molecular formula is C20H14BrFN2O2S. The van der Waals surface area contributed by atoms with Gasteiger partial charge in [0.1, 0.15) is 11.6 Å². The summed E-state index contributed by atoms with van der Waals surface area (Å²) in [5, 5.41) is 5.67. The Labute approximate surface area is 169 Å². The van der Waals surface area contributed by atoms with Crippen LogP contribution in [0.15, 0.2) is 77.3 Å². The fourth-order valence-electron chi connectivity index (χ4n) is 2.22. The zero-order chi connectivity index (χ0) is 19.2. The Hall–Kier alpha value is -2.77. The van der Waals surface area contributed by atoms with Gasteiger partial charge in [0.05, 0.1) is 5.69 Å². The highest BCUT2D eigenvalue weighted by Crippen LogP contribution is 2.18. The Morgan fingerprint density at radius 2 is 1.59 bits per heavy atom. The first-order valence-electron chi connectivity index (χ1n) is 7.91. The molecule has 0 aromatic heterocycles. The third-order valence-corrected chi connectivity index (χ3v) is 4.25. The molecule has 3 aromatic carbocycles. The van der Waals surface area contributed by atoms with Crippen LogP contribution in [-0.2, 0) is 0 Å². The van der Waals surface area contributed by atoms with Crippen LogP contribution in [0.3, 0.4) is 0 Å². The number of thiocarbonyl (C=S) groups is 1. The number of hydrogen-bond acceptors (Lipinski definition) is 3. The molecule has 0 aliphatic carbocycles. The molecule has 0 fully saturated rings. The highest BCUT2D eigenvalue weighted by Gasteiger charge is 2.09. The van der Waals surface area contributed by atoms with E-state index in [2.05, 4.69) is 26.6 Å². The molecule has 0 unspecified atom stereocenters. The summed E-state index contributed by atoms with van der Waals surface area (Å²) in [7, 11) is 0. The van der Waals surface area contributed by atoms with E-state index in [4.69, 9.17) is 17.0 Å². The Bertz CT molecular complexity index is 962. The van der Waals surface area contributed by atoms with E-state index in [0.717, 1.165) is 10.2 Å². The summed E-state index contributed by atoms with van der Waals surface area (Å²) < 4.78 is 20.1. The van der Waals surface area contributed by atoms with E-state index in [0.29, 0.717) is 11.3 Å². The van der Waals surface area contributed by atoms with E-state index >= 15 is 0 Å². The van der Waals surface area contributed by atoms with Crippen LogP contribution in [0.4, 0.5) is 15.8 Å². The molecular weight excluding hydrogens is 431 g/mol. The van der Waals surface area contributed by atoms with Gasteiger partial charge in [0.15, 0.2) is 0 Å². The predicted octanol–water partition coefficient (Wildman–Crippen LogP) is 5.62. The molecule has 136 valence electrons. The molecule has 0 bridgehead atoms. The Morgan fingerprint density at radius 3 is 2.26 bits per heavy atom. The molecule has 3 aromatic rings. The number of benzene rings is 3. The molecule has 2 N–H and O–H groups in total. The lowest BCUT2D eigenvalue weighted by Crippen LogP contribution is -2.16. The van der Waals surface area contributed by atoms with Crippen LogP contribution in [0, 0.1) is 5.82 Å². The summed E-state index contributed by atoms with van der Waals surface area (Å²) in [5.74, 6) is -0.426. The minimum Gasteiger partial charge on any atom is -0.432 e. The molecule has 0 saturated heterocycles. The van der Waals surface area contributed by atoms with Crippen LogP contribution in [0.5, 0.6) is 5.75 Å². The molecule has 0 atom stereocenters. The zero-order valence-corrected chi connectivity index (χ0v) is 16.3. The van der Waals surface area contributed by atoms with Crippen molar-refractivity contribution in [3.05, 3.63) is 88.6 Å². The number of para-hydroxylation sites is 1. The number of nitrogens with one attached hydrogen (secondary N) is 2. The van der Waals surface area contributed by atoms with Crippen molar-refractivity contribution in [3.8, 4) is 5.75 Å². The number of halogens is 2. The molecule has 27 heavy (non-hydrogen) atoms. The monoisotopic (exact) mass is 444 g/mol. The van der Waals surface area contributed by atoms with Gasteiger partial charge in [-0.2, -0.15) is 0 Å². The second kappa shape index (κ2) is 8.75. The lowest BCUT2D eigenvalue weighted by Gasteiger charge is -2.10. The van der Waals surface area contributed by atoms with Gasteiger partial charge in [-0.1, -0.05) is 28.1 Å². The number of ether oxygens (including phenoxy) is 1. The summed E-state index contributed by atoms with van der Waals surface area (Å²) in [6.45, 7) is 0. The minimum absolute atomic E-state index is 0.128. The minimum atomic E-state index is -0.491. The lowest BCUT2D eigenvalue weighted by atomic mass is 10.2. The van der Waals surface area contributed by atoms with Gasteiger partial charge in [-0.25, -0.2) is 4.39 Å². The molecule has 0 heterocycles. The fourth-order valence-corrected chi connectivity index (χ4v) is 2.69. The number of carbonyl (C=O) groups is 1. The Morgan fingerprint density at radius 1 is 0.926 bits per heavy atom. The third-order valence-electron chi connectivity index (χ3n) is 3.54. The van der Waals surface area contributed by atoms with Gasteiger partial charge in [0.2, 0.25) is 0 Å². The Balaban J connectivity index is 1.59. The Kier molecular flexibility index (Phi) is 6.16. The number of rotatable bonds is 4. The van der Waals surface area contributed by atoms with E-state index in [1.54, 1.807) is 36.4 Å². The van der Waals surface area contributed by atoms with E-state index in [9.17, 15) is 9.18 Å². The molecule has 4 nitrogen and oxygen atoms in total. The maximum Gasteiger partial charge on any atom is 0.266 e. The summed E-state index contributed by atoms with van der Waals surface area (Å²) >= 11 is 8.53. The summed E-state index contributed by atoms with van der Waals surface area (Å²) in [5.41, 5.74) is 1.30. The van der Waals surface area contributed by atoms with Crippen LogP contribution in [0.1, 0.15) is 10.4 Å². The van der Waals surface area contributed by atoms with E-state index in [1.807, 2.05) is 24.3 Å². The third kappa shape index (κ3) is 5.35. The van der Waals surface area contributed by atoms with Crippen molar-refractivity contribution >= 4 is 50.6 Å². The number of carbonyl (C=O) groups excluding carboxylic acids is 1. The first-order valence-corrected chi connectivity index (χ1v) is 9.12. The van der Waals surface area contributed by atoms with Crippen LogP contribution < -0.4 is 15.4 Å². The van der Waals surface area contributed by atoms with Gasteiger partial charge < -0.3 is 15.4 Å². The second-order valence-electron chi connectivity index (χ2n) is 5.48. The van der Waals surface area contributed by atoms with Gasteiger partial charge in [0, 0.05) is 15.7 Å². The molecule has 0 saturated carbocycles. The normalized spacial score (nSPS) is 10.1. The first kappa shape index (κ1) is 19.0. The molecule has 0 aliphatic heterocycles. The standard InChI is InChI=1S/C20H14BrFN2O2S/c21-14-7-9-15(10-8-14)23-20(27)26-16-11-5-13(6-12-16)19(25)24-18-4-2-1-3-17(18)22/h1-12H,(H,23,27)(H,24,25). The highest BCUT2D eigenvalue weighted by atomic mass is 79.9. The average Bonchev–Trinajstić information content (AvgIpc) is 2.66. The second-order valence-corrected chi connectivity index (χ2v) is 6.77. The van der Waals surface area contributed by atoms with Crippen molar-refractivity contribution in [3.63, 3.8) is 0 Å². The largest absolute Gasteiger partial charge is 0.432 e. The van der Waals surface area contributed by atoms with E-state index in [1.165, 1.54) is 12.1 Å². The van der Waals surface area contributed by atoms with Crippen LogP contribution >= 0.6 is 28.1 Å². The quantitative estimate of drug-likeness (QED) is 0.513. The van der Waals surface area contributed by atoms with Crippen molar-refractivity contribution in [2.24, 2.45) is 0 Å². The maximum atomic E-state index is 13.6. The maximum absolute atomic E-state index is 13.6. The van der Waals surface area contributed by atoms with Crippen molar-refractivity contribution in [1.82, 2.24) is 0 Å². The first-order chi connectivity index (χ1) is 13.0. The van der Waals surface area contributed by atoms with Crippen LogP contribution in [0.2, 0.25) is 0 Å². The van der Waals surface area contributed by atoms with Gasteiger partial charge in [-0.15, -0.1) is 0 Å². The van der Waals surface area contributed by atoms with E-state index in [-0.39, 0.29) is 10.9 Å². The lowest BCUT2D eigenvalue weighted by molar-refractivity contribution is 0.102. The molecule has 1 amide bonds. The summed E-state index contributed by atoms with van der Waals surface area (Å²) in [6.07, 6.45) is 0. The number of anilines is 2. The molecule has 7 heteroatoms. The average molecular weight is 445 g/mol.